The fourth-order valence-electron chi connectivity index (χ4n) is 3.74. The van der Waals surface area contributed by atoms with Crippen molar-refractivity contribution in [3.63, 3.8) is 0 Å². The zero-order chi connectivity index (χ0) is 23.3. The lowest BCUT2D eigenvalue weighted by atomic mass is 9.98. The summed E-state index contributed by atoms with van der Waals surface area (Å²) in [5.74, 6) is 0.218. The van der Waals surface area contributed by atoms with Gasteiger partial charge in [-0.25, -0.2) is 9.59 Å². The molecule has 0 saturated heterocycles. The molecule has 1 saturated carbocycles. The number of nitrogens with zero attached hydrogens (tertiary/aromatic N) is 1. The summed E-state index contributed by atoms with van der Waals surface area (Å²) in [6.45, 7) is 7.90. The van der Waals surface area contributed by atoms with Gasteiger partial charge in [0.05, 0.1) is 6.54 Å². The van der Waals surface area contributed by atoms with Gasteiger partial charge in [-0.1, -0.05) is 32.4 Å². The van der Waals surface area contributed by atoms with E-state index in [1.165, 1.54) is 6.42 Å². The molecule has 1 aliphatic rings. The van der Waals surface area contributed by atoms with E-state index in [0.717, 1.165) is 37.7 Å². The quantitative estimate of drug-likeness (QED) is 0.460. The highest BCUT2D eigenvalue weighted by atomic mass is 16.6. The number of carboxylic acids is 1. The molecular weight excluding hydrogens is 410 g/mol. The molecule has 0 aliphatic heterocycles. The Morgan fingerprint density at radius 2 is 1.78 bits per heavy atom. The van der Waals surface area contributed by atoms with Gasteiger partial charge in [-0.05, 0) is 62.6 Å². The fourth-order valence-corrected chi connectivity index (χ4v) is 3.74. The Bertz CT molecular complexity index is 684. The van der Waals surface area contributed by atoms with Crippen LogP contribution in [0.2, 0.25) is 0 Å². The SMILES string of the molecule is CCOC(Cc1ccc(OCCN(CCC(C)C)C(=O)OC2CCCCC2)cc1)C(=O)O. The first-order valence-electron chi connectivity index (χ1n) is 11.9. The van der Waals surface area contributed by atoms with Crippen LogP contribution in [0.25, 0.3) is 0 Å². The molecule has 0 radical (unpaired) electrons. The summed E-state index contributed by atoms with van der Waals surface area (Å²) in [4.78, 5) is 25.7. The highest BCUT2D eigenvalue weighted by Crippen LogP contribution is 2.21. The molecule has 1 atom stereocenters. The summed E-state index contributed by atoms with van der Waals surface area (Å²) < 4.78 is 16.9. The van der Waals surface area contributed by atoms with E-state index in [0.29, 0.717) is 44.4 Å². The van der Waals surface area contributed by atoms with Crippen LogP contribution in [0.15, 0.2) is 24.3 Å². The van der Waals surface area contributed by atoms with Gasteiger partial charge in [-0.15, -0.1) is 0 Å². The van der Waals surface area contributed by atoms with Gasteiger partial charge in [-0.3, -0.25) is 0 Å². The summed E-state index contributed by atoms with van der Waals surface area (Å²) in [6, 6.07) is 7.33. The second kappa shape index (κ2) is 14.0. The minimum Gasteiger partial charge on any atom is -0.492 e. The zero-order valence-corrected chi connectivity index (χ0v) is 19.8. The minimum absolute atomic E-state index is 0.0394. The number of rotatable bonds is 13. The molecule has 1 unspecified atom stereocenters. The minimum atomic E-state index is -0.964. The second-order valence-electron chi connectivity index (χ2n) is 8.79. The summed E-state index contributed by atoms with van der Waals surface area (Å²) in [7, 11) is 0. The molecule has 1 amide bonds. The van der Waals surface area contributed by atoms with Gasteiger partial charge >= 0.3 is 12.1 Å². The molecule has 1 aliphatic carbocycles. The number of aliphatic carboxylic acids is 1. The Morgan fingerprint density at radius 3 is 2.38 bits per heavy atom. The fraction of sp³-hybridized carbons (Fsp3) is 0.680. The molecule has 0 heterocycles. The average molecular weight is 450 g/mol. The molecule has 2 rings (SSSR count). The normalized spacial score (nSPS) is 15.4. The number of carboxylic acid groups (broad SMARTS) is 1. The van der Waals surface area contributed by atoms with Crippen LogP contribution in [0, 0.1) is 5.92 Å². The number of hydrogen-bond acceptors (Lipinski definition) is 5. The number of amides is 1. The standard InChI is InChI=1S/C25H39NO6/c1-4-30-23(24(27)28)18-20-10-12-21(13-11-20)31-17-16-26(15-14-19(2)3)25(29)32-22-8-6-5-7-9-22/h10-13,19,22-23H,4-9,14-18H2,1-3H3,(H,27,28). The van der Waals surface area contributed by atoms with Crippen LogP contribution < -0.4 is 4.74 Å². The predicted molar refractivity (Wildman–Crippen MR) is 123 cm³/mol. The van der Waals surface area contributed by atoms with Crippen LogP contribution >= 0.6 is 0 Å². The molecule has 180 valence electrons. The van der Waals surface area contributed by atoms with E-state index >= 15 is 0 Å². The third-order valence-corrected chi connectivity index (χ3v) is 5.67. The third kappa shape index (κ3) is 9.47. The van der Waals surface area contributed by atoms with Crippen LogP contribution in [0.3, 0.4) is 0 Å². The first-order valence-corrected chi connectivity index (χ1v) is 11.9. The molecule has 0 aromatic heterocycles. The van der Waals surface area contributed by atoms with Crippen molar-refractivity contribution in [2.24, 2.45) is 5.92 Å². The Kier molecular flexibility index (Phi) is 11.4. The molecule has 0 spiro atoms. The maximum Gasteiger partial charge on any atom is 0.410 e. The lowest BCUT2D eigenvalue weighted by Gasteiger charge is -2.28. The van der Waals surface area contributed by atoms with E-state index in [9.17, 15) is 14.7 Å². The van der Waals surface area contributed by atoms with Gasteiger partial charge in [0.2, 0.25) is 0 Å². The predicted octanol–water partition coefficient (Wildman–Crippen LogP) is 4.92. The van der Waals surface area contributed by atoms with Gasteiger partial charge < -0.3 is 24.2 Å². The van der Waals surface area contributed by atoms with E-state index in [1.807, 2.05) is 24.3 Å². The van der Waals surface area contributed by atoms with Crippen molar-refractivity contribution in [2.45, 2.75) is 77.9 Å². The monoisotopic (exact) mass is 449 g/mol. The lowest BCUT2D eigenvalue weighted by molar-refractivity contribution is -0.149. The average Bonchev–Trinajstić information content (AvgIpc) is 2.77. The van der Waals surface area contributed by atoms with Gasteiger partial charge in [0.25, 0.3) is 0 Å². The van der Waals surface area contributed by atoms with Crippen molar-refractivity contribution < 1.29 is 28.9 Å². The molecule has 7 heteroatoms. The molecule has 1 N–H and O–H groups in total. The molecule has 1 aromatic carbocycles. The van der Waals surface area contributed by atoms with Crippen molar-refractivity contribution in [1.82, 2.24) is 4.90 Å². The third-order valence-electron chi connectivity index (χ3n) is 5.67. The maximum absolute atomic E-state index is 12.7. The molecule has 1 fully saturated rings. The zero-order valence-electron chi connectivity index (χ0n) is 19.8. The van der Waals surface area contributed by atoms with Crippen LogP contribution in [0.4, 0.5) is 4.79 Å². The Morgan fingerprint density at radius 1 is 1.09 bits per heavy atom. The highest BCUT2D eigenvalue weighted by Gasteiger charge is 2.22. The van der Waals surface area contributed by atoms with Gasteiger partial charge in [0.1, 0.15) is 18.5 Å². The van der Waals surface area contributed by atoms with Crippen LogP contribution in [-0.4, -0.2) is 60.6 Å². The highest BCUT2D eigenvalue weighted by molar-refractivity contribution is 5.72. The molecule has 32 heavy (non-hydrogen) atoms. The van der Waals surface area contributed by atoms with Gasteiger partial charge in [0.15, 0.2) is 6.10 Å². The van der Waals surface area contributed by atoms with Crippen molar-refractivity contribution in [2.75, 3.05) is 26.3 Å². The number of hydrogen-bond donors (Lipinski definition) is 1. The Labute approximate surface area is 192 Å². The topological polar surface area (TPSA) is 85.3 Å². The van der Waals surface area contributed by atoms with E-state index in [2.05, 4.69) is 13.8 Å². The van der Waals surface area contributed by atoms with Crippen molar-refractivity contribution in [3.8, 4) is 5.75 Å². The van der Waals surface area contributed by atoms with E-state index in [-0.39, 0.29) is 12.2 Å². The Hall–Kier alpha value is -2.28. The van der Waals surface area contributed by atoms with Crippen molar-refractivity contribution in [3.05, 3.63) is 29.8 Å². The summed E-state index contributed by atoms with van der Waals surface area (Å²) in [5.41, 5.74) is 0.868. The largest absolute Gasteiger partial charge is 0.492 e. The molecule has 0 bridgehead atoms. The summed E-state index contributed by atoms with van der Waals surface area (Å²) in [5, 5.41) is 9.22. The van der Waals surface area contributed by atoms with Gasteiger partial charge in [0, 0.05) is 19.6 Å². The van der Waals surface area contributed by atoms with Gasteiger partial charge in [-0.2, -0.15) is 0 Å². The van der Waals surface area contributed by atoms with Crippen molar-refractivity contribution in [1.29, 1.82) is 0 Å². The maximum atomic E-state index is 12.7. The number of ether oxygens (including phenoxy) is 3. The summed E-state index contributed by atoms with van der Waals surface area (Å²) in [6.07, 6.45) is 5.55. The van der Waals surface area contributed by atoms with Crippen LogP contribution in [0.5, 0.6) is 5.75 Å². The Balaban J connectivity index is 1.84. The van der Waals surface area contributed by atoms with Crippen molar-refractivity contribution >= 4 is 12.1 Å². The second-order valence-corrected chi connectivity index (χ2v) is 8.79. The van der Waals surface area contributed by atoms with E-state index in [1.54, 1.807) is 11.8 Å². The smallest absolute Gasteiger partial charge is 0.410 e. The lowest BCUT2D eigenvalue weighted by Crippen LogP contribution is -2.38. The van der Waals surface area contributed by atoms with E-state index in [4.69, 9.17) is 14.2 Å². The molecule has 7 nitrogen and oxygen atoms in total. The summed E-state index contributed by atoms with van der Waals surface area (Å²) >= 11 is 0. The van der Waals surface area contributed by atoms with Crippen LogP contribution in [-0.2, 0) is 20.7 Å². The molecular formula is C25H39NO6. The number of carbonyl (C=O) groups excluding carboxylic acids is 1. The first-order chi connectivity index (χ1) is 15.4. The number of benzene rings is 1. The number of carbonyl (C=O) groups is 2. The first kappa shape index (κ1) is 26.0. The van der Waals surface area contributed by atoms with Crippen LogP contribution in [0.1, 0.15) is 64.9 Å². The van der Waals surface area contributed by atoms with E-state index < -0.39 is 12.1 Å². The molecule has 1 aromatic rings.